The number of nitrogens with zero attached hydrogens (tertiary/aromatic N) is 1. The first-order valence-corrected chi connectivity index (χ1v) is 6.05. The van der Waals surface area contributed by atoms with Crippen LogP contribution in [0.5, 0.6) is 5.75 Å². The maximum Gasteiger partial charge on any atom is 0.255 e. The highest BCUT2D eigenvalue weighted by molar-refractivity contribution is 7.84. The van der Waals surface area contributed by atoms with E-state index >= 15 is 0 Å². The molecule has 0 fully saturated rings. The van der Waals surface area contributed by atoms with Crippen molar-refractivity contribution in [2.24, 2.45) is 0 Å². The Balaban J connectivity index is 2.54. The predicted molar refractivity (Wildman–Crippen MR) is 57.2 cm³/mol. The van der Waals surface area contributed by atoms with Gasteiger partial charge in [0.2, 0.25) is 0 Å². The third-order valence-electron chi connectivity index (χ3n) is 1.72. The van der Waals surface area contributed by atoms with Gasteiger partial charge in [0.05, 0.1) is 11.8 Å². The smallest absolute Gasteiger partial charge is 0.255 e. The van der Waals surface area contributed by atoms with E-state index < -0.39 is 10.8 Å². The molecule has 0 aliphatic carbocycles. The van der Waals surface area contributed by atoms with Gasteiger partial charge in [0.15, 0.2) is 0 Å². The summed E-state index contributed by atoms with van der Waals surface area (Å²) in [6.45, 7) is 0.323. The average Bonchev–Trinajstić information content (AvgIpc) is 2.17. The van der Waals surface area contributed by atoms with Crippen LogP contribution in [-0.2, 0) is 10.8 Å². The van der Waals surface area contributed by atoms with Crippen molar-refractivity contribution in [3.63, 3.8) is 0 Å². The molecule has 1 unspecified atom stereocenters. The monoisotopic (exact) mass is 228 g/mol. The molecule has 0 saturated heterocycles. The average molecular weight is 228 g/mol. The van der Waals surface area contributed by atoms with Crippen molar-refractivity contribution in [2.75, 3.05) is 18.6 Å². The molecule has 1 rings (SSSR count). The summed E-state index contributed by atoms with van der Waals surface area (Å²) in [5.41, 5.74) is 0.173. The molecule has 6 heteroatoms. The van der Waals surface area contributed by atoms with E-state index in [4.69, 9.17) is 0 Å². The van der Waals surface area contributed by atoms with Crippen molar-refractivity contribution in [1.82, 2.24) is 10.3 Å². The van der Waals surface area contributed by atoms with Gasteiger partial charge in [-0.25, -0.2) is 0 Å². The molecule has 1 amide bonds. The first kappa shape index (κ1) is 11.6. The second-order valence-electron chi connectivity index (χ2n) is 2.93. The van der Waals surface area contributed by atoms with Gasteiger partial charge < -0.3 is 10.4 Å². The van der Waals surface area contributed by atoms with Crippen LogP contribution in [0.15, 0.2) is 18.5 Å². The maximum absolute atomic E-state index is 11.4. The zero-order chi connectivity index (χ0) is 11.3. The van der Waals surface area contributed by atoms with Crippen molar-refractivity contribution < 1.29 is 14.1 Å². The van der Waals surface area contributed by atoms with E-state index in [1.54, 1.807) is 6.26 Å². The lowest BCUT2D eigenvalue weighted by Gasteiger charge is -2.04. The molecular weight excluding hydrogens is 216 g/mol. The molecule has 82 valence electrons. The topological polar surface area (TPSA) is 79.3 Å². The van der Waals surface area contributed by atoms with Gasteiger partial charge in [0.25, 0.3) is 5.91 Å². The number of amides is 1. The van der Waals surface area contributed by atoms with Crippen LogP contribution in [0.25, 0.3) is 0 Å². The van der Waals surface area contributed by atoms with E-state index in [9.17, 15) is 14.1 Å². The van der Waals surface area contributed by atoms with Crippen LogP contribution in [0.1, 0.15) is 10.4 Å². The van der Waals surface area contributed by atoms with E-state index in [1.165, 1.54) is 18.5 Å². The Morgan fingerprint density at radius 2 is 2.40 bits per heavy atom. The normalized spacial score (nSPS) is 12.1. The molecule has 0 aliphatic heterocycles. The zero-order valence-electron chi connectivity index (χ0n) is 8.27. The standard InChI is InChI=1S/C9H12N2O3S/c1-15(14)5-4-11-9(13)7-2-3-10-6-8(7)12/h2-3,6,12H,4-5H2,1H3,(H,11,13). The van der Waals surface area contributed by atoms with Crippen molar-refractivity contribution in [1.29, 1.82) is 0 Å². The molecule has 2 N–H and O–H groups in total. The highest BCUT2D eigenvalue weighted by atomic mass is 32.2. The summed E-state index contributed by atoms with van der Waals surface area (Å²) in [5.74, 6) is -0.148. The predicted octanol–water partition coefficient (Wildman–Crippen LogP) is -0.105. The third-order valence-corrected chi connectivity index (χ3v) is 2.50. The summed E-state index contributed by atoms with van der Waals surface area (Å²) in [7, 11) is -0.933. The molecule has 0 aromatic carbocycles. The van der Waals surface area contributed by atoms with E-state index in [0.717, 1.165) is 0 Å². The Bertz CT molecular complexity index is 381. The van der Waals surface area contributed by atoms with E-state index in [1.807, 2.05) is 0 Å². The molecule has 0 saturated carbocycles. The van der Waals surface area contributed by atoms with Crippen LogP contribution in [0.2, 0.25) is 0 Å². The fourth-order valence-corrected chi connectivity index (χ4v) is 1.37. The van der Waals surface area contributed by atoms with Crippen LogP contribution in [0, 0.1) is 0 Å². The second-order valence-corrected chi connectivity index (χ2v) is 4.48. The number of carbonyl (C=O) groups is 1. The van der Waals surface area contributed by atoms with Gasteiger partial charge in [0, 0.05) is 35.5 Å². The van der Waals surface area contributed by atoms with Gasteiger partial charge in [-0.15, -0.1) is 0 Å². The third kappa shape index (κ3) is 3.67. The Morgan fingerprint density at radius 1 is 1.67 bits per heavy atom. The Morgan fingerprint density at radius 3 is 3.00 bits per heavy atom. The fourth-order valence-electron chi connectivity index (χ4n) is 0.982. The number of rotatable bonds is 4. The molecule has 0 aliphatic rings. The molecule has 0 bridgehead atoms. The Hall–Kier alpha value is -1.43. The maximum atomic E-state index is 11.4. The molecule has 15 heavy (non-hydrogen) atoms. The number of hydrogen-bond donors (Lipinski definition) is 2. The minimum absolute atomic E-state index is 0.160. The van der Waals surface area contributed by atoms with E-state index in [-0.39, 0.29) is 17.2 Å². The molecule has 1 heterocycles. The van der Waals surface area contributed by atoms with Crippen LogP contribution < -0.4 is 5.32 Å². The fraction of sp³-hybridized carbons (Fsp3) is 0.333. The number of pyridine rings is 1. The van der Waals surface area contributed by atoms with Crippen molar-refractivity contribution >= 4 is 16.7 Å². The van der Waals surface area contributed by atoms with Gasteiger partial charge in [-0.05, 0) is 6.07 Å². The van der Waals surface area contributed by atoms with Crippen molar-refractivity contribution in [3.8, 4) is 5.75 Å². The Labute approximate surface area is 90.0 Å². The first-order chi connectivity index (χ1) is 7.11. The number of aromatic nitrogens is 1. The van der Waals surface area contributed by atoms with Crippen molar-refractivity contribution in [3.05, 3.63) is 24.0 Å². The summed E-state index contributed by atoms with van der Waals surface area (Å²) in [6, 6.07) is 1.42. The summed E-state index contributed by atoms with van der Waals surface area (Å²) < 4.78 is 10.7. The van der Waals surface area contributed by atoms with Crippen LogP contribution in [0.3, 0.4) is 0 Å². The van der Waals surface area contributed by atoms with E-state index in [2.05, 4.69) is 10.3 Å². The lowest BCUT2D eigenvalue weighted by atomic mass is 10.2. The molecule has 0 radical (unpaired) electrons. The highest BCUT2D eigenvalue weighted by Gasteiger charge is 2.09. The Kier molecular flexibility index (Phi) is 4.23. The first-order valence-electron chi connectivity index (χ1n) is 4.32. The lowest BCUT2D eigenvalue weighted by molar-refractivity contribution is 0.0953. The molecule has 1 aromatic rings. The minimum atomic E-state index is -0.933. The number of nitrogens with one attached hydrogen (secondary N) is 1. The van der Waals surface area contributed by atoms with Gasteiger partial charge >= 0.3 is 0 Å². The molecular formula is C9H12N2O3S. The van der Waals surface area contributed by atoms with Gasteiger partial charge in [0.1, 0.15) is 5.75 Å². The van der Waals surface area contributed by atoms with Crippen LogP contribution >= 0.6 is 0 Å². The summed E-state index contributed by atoms with van der Waals surface area (Å²) >= 11 is 0. The summed E-state index contributed by atoms with van der Waals surface area (Å²) in [5, 5.41) is 11.9. The van der Waals surface area contributed by atoms with Crippen molar-refractivity contribution in [2.45, 2.75) is 0 Å². The molecule has 5 nitrogen and oxygen atoms in total. The number of aromatic hydroxyl groups is 1. The highest BCUT2D eigenvalue weighted by Crippen LogP contribution is 2.12. The summed E-state index contributed by atoms with van der Waals surface area (Å²) in [6.07, 6.45) is 4.19. The van der Waals surface area contributed by atoms with Crippen LogP contribution in [0.4, 0.5) is 0 Å². The minimum Gasteiger partial charge on any atom is -0.505 e. The largest absolute Gasteiger partial charge is 0.505 e. The molecule has 1 aromatic heterocycles. The summed E-state index contributed by atoms with van der Waals surface area (Å²) in [4.78, 5) is 15.1. The zero-order valence-corrected chi connectivity index (χ0v) is 9.08. The molecule has 0 spiro atoms. The van der Waals surface area contributed by atoms with E-state index in [0.29, 0.717) is 12.3 Å². The lowest BCUT2D eigenvalue weighted by Crippen LogP contribution is -2.27. The van der Waals surface area contributed by atoms with Gasteiger partial charge in [-0.2, -0.15) is 0 Å². The van der Waals surface area contributed by atoms with Gasteiger partial charge in [-0.3, -0.25) is 14.0 Å². The second kappa shape index (κ2) is 5.45. The number of carbonyl (C=O) groups excluding carboxylic acids is 1. The SMILES string of the molecule is CS(=O)CCNC(=O)c1ccncc1O. The quantitative estimate of drug-likeness (QED) is 0.754. The molecule has 1 atom stereocenters. The van der Waals surface area contributed by atoms with Crippen LogP contribution in [-0.4, -0.2) is 38.8 Å². The van der Waals surface area contributed by atoms with Gasteiger partial charge in [-0.1, -0.05) is 0 Å². The number of hydrogen-bond acceptors (Lipinski definition) is 4.